The molecule has 6 aromatic rings. The number of hydrogen-bond acceptors (Lipinski definition) is 7. The zero-order valence-corrected chi connectivity index (χ0v) is 28.9. The number of ether oxygens (including phenoxy) is 3. The Morgan fingerprint density at radius 2 is 1.07 bits per heavy atom. The fourth-order valence-corrected chi connectivity index (χ4v) is 6.96. The average molecular weight is 715 g/mol. The van der Waals surface area contributed by atoms with Crippen LogP contribution in [-0.4, -0.2) is 23.7 Å². The van der Waals surface area contributed by atoms with Crippen molar-refractivity contribution >= 4 is 29.4 Å². The Hall–Kier alpha value is -7.00. The van der Waals surface area contributed by atoms with Gasteiger partial charge in [-0.2, -0.15) is 0 Å². The normalized spacial score (nSPS) is 13.8. The van der Waals surface area contributed by atoms with Gasteiger partial charge in [-0.25, -0.2) is 4.79 Å². The second-order valence-electron chi connectivity index (χ2n) is 13.0. The Balaban J connectivity index is 1.24. The van der Waals surface area contributed by atoms with Gasteiger partial charge in [0.15, 0.2) is 6.10 Å². The molecule has 8 rings (SSSR count). The smallest absolute Gasteiger partial charge is 0.353 e. The highest BCUT2D eigenvalue weighted by Crippen LogP contribution is 2.43. The molecule has 6 aromatic carbocycles. The van der Waals surface area contributed by atoms with Crippen molar-refractivity contribution < 1.29 is 33.4 Å². The van der Waals surface area contributed by atoms with Crippen LogP contribution in [0.1, 0.15) is 78.8 Å². The van der Waals surface area contributed by atoms with E-state index in [1.165, 1.54) is 6.07 Å². The van der Waals surface area contributed by atoms with Crippen molar-refractivity contribution in [2.45, 2.75) is 31.2 Å². The van der Waals surface area contributed by atoms with E-state index in [0.29, 0.717) is 22.6 Å². The summed E-state index contributed by atoms with van der Waals surface area (Å²) in [5.74, 6) is -1.69. The van der Waals surface area contributed by atoms with Gasteiger partial charge in [-0.3, -0.25) is 19.7 Å². The maximum absolute atomic E-state index is 14.7. The van der Waals surface area contributed by atoms with Gasteiger partial charge in [-0.05, 0) is 52.4 Å². The molecule has 0 bridgehead atoms. The lowest BCUT2D eigenvalue weighted by molar-refractivity contribution is -0.156. The summed E-state index contributed by atoms with van der Waals surface area (Å²) >= 11 is 0. The molecule has 0 aromatic heterocycles. The number of imide groups is 1. The van der Waals surface area contributed by atoms with E-state index in [2.05, 4.69) is 10.6 Å². The number of hydrogen-bond donors (Lipinski definition) is 2. The molecule has 0 saturated heterocycles. The first-order valence-corrected chi connectivity index (χ1v) is 17.6. The van der Waals surface area contributed by atoms with Gasteiger partial charge in [-0.1, -0.05) is 133 Å². The third-order valence-electron chi connectivity index (χ3n) is 9.53. The lowest BCUT2D eigenvalue weighted by atomic mass is 9.92. The molecule has 266 valence electrons. The van der Waals surface area contributed by atoms with Gasteiger partial charge in [0.2, 0.25) is 12.0 Å². The minimum atomic E-state index is -1.42. The summed E-state index contributed by atoms with van der Waals surface area (Å²) in [6.07, 6.45) is -2.31. The first kappa shape index (κ1) is 34.1. The van der Waals surface area contributed by atoms with Gasteiger partial charge in [0, 0.05) is 12.0 Å². The summed E-state index contributed by atoms with van der Waals surface area (Å²) in [6, 6.07) is 46.4. The number of nitrogens with one attached hydrogen (secondary N) is 2. The van der Waals surface area contributed by atoms with Crippen LogP contribution in [0.25, 0.3) is 0 Å². The van der Waals surface area contributed by atoms with E-state index >= 15 is 0 Å². The molecule has 2 N–H and O–H groups in total. The molecule has 0 aliphatic carbocycles. The van der Waals surface area contributed by atoms with Gasteiger partial charge < -0.3 is 19.5 Å². The molecule has 3 amide bonds. The first-order chi connectivity index (χ1) is 26.4. The Bertz CT molecular complexity index is 2270. The summed E-state index contributed by atoms with van der Waals surface area (Å²) in [7, 11) is 0. The van der Waals surface area contributed by atoms with Gasteiger partial charge in [-0.15, -0.1) is 0 Å². The van der Waals surface area contributed by atoms with Crippen molar-refractivity contribution in [2.24, 2.45) is 0 Å². The van der Waals surface area contributed by atoms with E-state index in [4.69, 9.17) is 14.2 Å². The predicted molar refractivity (Wildman–Crippen MR) is 201 cm³/mol. The number of carbonyl (C=O) groups is 4. The number of rotatable bonds is 11. The predicted octanol–water partition coefficient (Wildman–Crippen LogP) is 8.08. The van der Waals surface area contributed by atoms with Crippen LogP contribution in [0.2, 0.25) is 0 Å². The van der Waals surface area contributed by atoms with Crippen molar-refractivity contribution in [3.8, 4) is 11.5 Å². The Kier molecular flexibility index (Phi) is 9.43. The van der Waals surface area contributed by atoms with Crippen LogP contribution in [0.15, 0.2) is 152 Å². The van der Waals surface area contributed by atoms with Crippen molar-refractivity contribution in [1.82, 2.24) is 5.32 Å². The maximum Gasteiger partial charge on any atom is 0.353 e. The molecule has 0 saturated carbocycles. The van der Waals surface area contributed by atoms with Crippen LogP contribution in [0.5, 0.6) is 11.5 Å². The number of fused-ring (bicyclic) bond motifs is 2. The fraction of sp³-hybridized carbons (Fsp3) is 0.111. The Morgan fingerprint density at radius 3 is 1.65 bits per heavy atom. The highest BCUT2D eigenvalue weighted by Gasteiger charge is 2.37. The molecule has 2 aliphatic heterocycles. The Labute approximate surface area is 311 Å². The molecule has 9 nitrogen and oxygen atoms in total. The van der Waals surface area contributed by atoms with Gasteiger partial charge in [0.25, 0.3) is 11.8 Å². The molecular weight excluding hydrogens is 681 g/mol. The van der Waals surface area contributed by atoms with Gasteiger partial charge in [0.05, 0.1) is 16.8 Å². The van der Waals surface area contributed by atoms with Crippen LogP contribution < -0.4 is 20.1 Å². The number of benzene rings is 6. The Morgan fingerprint density at radius 1 is 0.519 bits per heavy atom. The van der Waals surface area contributed by atoms with Crippen molar-refractivity contribution in [2.75, 3.05) is 5.32 Å². The van der Waals surface area contributed by atoms with E-state index < -0.39 is 36.1 Å². The molecule has 54 heavy (non-hydrogen) atoms. The van der Waals surface area contributed by atoms with Gasteiger partial charge in [0.1, 0.15) is 17.6 Å². The summed E-state index contributed by atoms with van der Waals surface area (Å²) in [4.78, 5) is 53.3. The van der Waals surface area contributed by atoms with Crippen LogP contribution in [0.4, 0.5) is 5.69 Å². The molecular formula is C45H34N2O7. The monoisotopic (exact) mass is 714 g/mol. The molecule has 0 radical (unpaired) electrons. The SMILES string of the molecule is O=C1CCc2c(C(Oc3cccc4c3C(=O)NC4=O)C(=O)OC(c3ccccc3)c3ccccc3)ccc(OC(c3ccccc3)c3ccccc3)c2N1. The number of anilines is 1. The number of carbonyl (C=O) groups excluding carboxylic acids is 4. The molecule has 0 fully saturated rings. The molecule has 9 heteroatoms. The largest absolute Gasteiger partial charge is 0.479 e. The van der Waals surface area contributed by atoms with Crippen LogP contribution >= 0.6 is 0 Å². The molecule has 0 spiro atoms. The summed E-state index contributed by atoms with van der Waals surface area (Å²) in [5.41, 5.74) is 4.92. The standard InChI is InChI=1S/C45H34N2O7/c48-37-27-25-32-33(24-26-36(39(32)46-37)53-40(28-14-5-1-6-15-28)29-16-7-2-8-17-29)42(52-35-23-13-22-34-38(35)44(50)47-43(34)49)45(51)54-41(30-18-9-3-10-19-30)31-20-11-4-12-21-31/h1-24,26,40-42H,25,27H2,(H,46,48)(H,47,49,50). The zero-order valence-electron chi connectivity index (χ0n) is 28.9. The highest BCUT2D eigenvalue weighted by atomic mass is 16.6. The van der Waals surface area contributed by atoms with E-state index in [-0.39, 0.29) is 35.6 Å². The lowest BCUT2D eigenvalue weighted by Crippen LogP contribution is -2.28. The van der Waals surface area contributed by atoms with Crippen molar-refractivity contribution in [3.63, 3.8) is 0 Å². The molecule has 1 unspecified atom stereocenters. The zero-order chi connectivity index (χ0) is 37.0. The minimum Gasteiger partial charge on any atom is -0.479 e. The topological polar surface area (TPSA) is 120 Å². The van der Waals surface area contributed by atoms with Crippen LogP contribution in [-0.2, 0) is 20.7 Å². The summed E-state index contributed by atoms with van der Waals surface area (Å²) in [6.45, 7) is 0. The second kappa shape index (κ2) is 14.9. The fourth-order valence-electron chi connectivity index (χ4n) is 6.96. The van der Waals surface area contributed by atoms with E-state index in [9.17, 15) is 19.2 Å². The first-order valence-electron chi connectivity index (χ1n) is 17.6. The molecule has 1 atom stereocenters. The van der Waals surface area contributed by atoms with E-state index in [1.54, 1.807) is 24.3 Å². The summed E-state index contributed by atoms with van der Waals surface area (Å²) < 4.78 is 19.6. The lowest BCUT2D eigenvalue weighted by Gasteiger charge is -2.29. The molecule has 2 heterocycles. The number of esters is 1. The van der Waals surface area contributed by atoms with Crippen molar-refractivity contribution in [1.29, 1.82) is 0 Å². The quantitative estimate of drug-likeness (QED) is 0.103. The highest BCUT2D eigenvalue weighted by molar-refractivity contribution is 6.22. The van der Waals surface area contributed by atoms with Crippen LogP contribution in [0.3, 0.4) is 0 Å². The third kappa shape index (κ3) is 6.82. The van der Waals surface area contributed by atoms with Gasteiger partial charge >= 0.3 is 5.97 Å². The third-order valence-corrected chi connectivity index (χ3v) is 9.53. The number of amides is 3. The second-order valence-corrected chi connectivity index (χ2v) is 13.0. The van der Waals surface area contributed by atoms with Crippen LogP contribution in [0, 0.1) is 0 Å². The maximum atomic E-state index is 14.7. The van der Waals surface area contributed by atoms with E-state index in [1.807, 2.05) is 121 Å². The molecule has 2 aliphatic rings. The van der Waals surface area contributed by atoms with E-state index in [0.717, 1.165) is 22.3 Å². The summed E-state index contributed by atoms with van der Waals surface area (Å²) in [5, 5.41) is 5.31. The average Bonchev–Trinajstić information content (AvgIpc) is 3.52. The van der Waals surface area contributed by atoms with Crippen molar-refractivity contribution in [3.05, 3.63) is 196 Å². The minimum absolute atomic E-state index is 0.0265.